The van der Waals surface area contributed by atoms with Gasteiger partial charge in [0.15, 0.2) is 5.76 Å². The summed E-state index contributed by atoms with van der Waals surface area (Å²) in [4.78, 5) is 32.8. The van der Waals surface area contributed by atoms with Gasteiger partial charge in [-0.15, -0.1) is 11.3 Å². The lowest BCUT2D eigenvalue weighted by atomic mass is 10.00. The van der Waals surface area contributed by atoms with Gasteiger partial charge in [-0.1, -0.05) is 72.8 Å². The molecular weight excluding hydrogens is 420 g/mol. The summed E-state index contributed by atoms with van der Waals surface area (Å²) in [5, 5.41) is 11.5. The van der Waals surface area contributed by atoms with Gasteiger partial charge in [0, 0.05) is 6.54 Å². The fourth-order valence-corrected chi connectivity index (χ4v) is 4.75. The Morgan fingerprint density at radius 1 is 1.09 bits per heavy atom. The third kappa shape index (κ3) is 4.41. The molecule has 5 nitrogen and oxygen atoms in total. The summed E-state index contributed by atoms with van der Waals surface area (Å²) in [6, 6.07) is 18.9. The third-order valence-electron chi connectivity index (χ3n) is 5.46. The van der Waals surface area contributed by atoms with Gasteiger partial charge in [-0.3, -0.25) is 9.59 Å². The molecule has 1 aliphatic rings. The molecule has 0 radical (unpaired) electrons. The average molecular weight is 445 g/mol. The van der Waals surface area contributed by atoms with Gasteiger partial charge < -0.3 is 10.0 Å². The van der Waals surface area contributed by atoms with Crippen LogP contribution in [0.15, 0.2) is 78.1 Å². The van der Waals surface area contributed by atoms with Crippen LogP contribution in [-0.2, 0) is 11.2 Å². The maximum atomic E-state index is 13.4. The number of ketones is 1. The predicted octanol–water partition coefficient (Wildman–Crippen LogP) is 4.92. The molecule has 0 spiro atoms. The van der Waals surface area contributed by atoms with Crippen LogP contribution in [0.2, 0.25) is 0 Å². The summed E-state index contributed by atoms with van der Waals surface area (Å²) in [5.41, 5.74) is 2.76. The molecule has 1 atom stereocenters. The molecule has 0 aliphatic carbocycles. The number of thiazole rings is 1. The van der Waals surface area contributed by atoms with Crippen molar-refractivity contribution >= 4 is 29.1 Å². The van der Waals surface area contributed by atoms with Crippen LogP contribution in [0, 0.1) is 13.8 Å². The highest BCUT2D eigenvalue weighted by Crippen LogP contribution is 2.32. The summed E-state index contributed by atoms with van der Waals surface area (Å²) in [6.07, 6.45) is 4.32. The van der Waals surface area contributed by atoms with E-state index in [9.17, 15) is 14.7 Å². The molecule has 0 saturated carbocycles. The summed E-state index contributed by atoms with van der Waals surface area (Å²) in [5.74, 6) is -1.34. The van der Waals surface area contributed by atoms with E-state index in [1.807, 2.05) is 79.7 Å². The molecule has 32 heavy (non-hydrogen) atoms. The van der Waals surface area contributed by atoms with E-state index in [1.165, 1.54) is 11.3 Å². The van der Waals surface area contributed by atoms with Crippen LogP contribution < -0.4 is 0 Å². The van der Waals surface area contributed by atoms with Crippen LogP contribution in [0.5, 0.6) is 0 Å². The van der Waals surface area contributed by atoms with Crippen molar-refractivity contribution in [2.24, 2.45) is 0 Å². The second-order valence-corrected chi connectivity index (χ2v) is 8.89. The minimum atomic E-state index is -0.652. The van der Waals surface area contributed by atoms with Crippen molar-refractivity contribution in [2.75, 3.05) is 6.54 Å². The first-order chi connectivity index (χ1) is 15.5. The highest BCUT2D eigenvalue weighted by atomic mass is 32.1. The van der Waals surface area contributed by atoms with Gasteiger partial charge in [-0.25, -0.2) is 4.98 Å². The lowest BCUT2D eigenvalue weighted by Crippen LogP contribution is -2.37. The van der Waals surface area contributed by atoms with Crippen molar-refractivity contribution in [3.8, 4) is 0 Å². The Hall–Kier alpha value is -3.51. The zero-order chi connectivity index (χ0) is 22.7. The highest BCUT2D eigenvalue weighted by Gasteiger charge is 2.42. The smallest absolute Gasteiger partial charge is 0.290 e. The molecule has 1 aliphatic heterocycles. The van der Waals surface area contributed by atoms with E-state index in [1.54, 1.807) is 11.8 Å². The Morgan fingerprint density at radius 3 is 2.38 bits per heavy atom. The van der Waals surface area contributed by atoms with E-state index in [4.69, 9.17) is 0 Å². The average Bonchev–Trinajstić information content (AvgIpc) is 3.27. The third-order valence-corrected chi connectivity index (χ3v) is 6.53. The number of aliphatic hydroxyl groups is 1. The number of carbonyl (C=O) groups excluding carboxylic acids is 2. The topological polar surface area (TPSA) is 70.5 Å². The van der Waals surface area contributed by atoms with Crippen molar-refractivity contribution in [1.29, 1.82) is 0 Å². The van der Waals surface area contributed by atoms with Crippen molar-refractivity contribution in [3.05, 3.63) is 105 Å². The molecular formula is C26H24N2O3S. The Morgan fingerprint density at radius 2 is 1.75 bits per heavy atom. The number of nitrogens with zero attached hydrogens (tertiary/aromatic N) is 2. The molecule has 2 heterocycles. The van der Waals surface area contributed by atoms with E-state index in [0.717, 1.165) is 16.1 Å². The monoisotopic (exact) mass is 444 g/mol. The lowest BCUT2D eigenvalue weighted by Gasteiger charge is -2.24. The first-order valence-corrected chi connectivity index (χ1v) is 11.3. The van der Waals surface area contributed by atoms with Crippen molar-refractivity contribution in [1.82, 2.24) is 9.88 Å². The SMILES string of the molecule is Cc1nc(C)c(C(=O)C2=C(O)C(=O)N(CCc3ccccc3)C2/C=C/c2ccccc2)s1. The maximum absolute atomic E-state index is 13.4. The number of hydrogen-bond acceptors (Lipinski definition) is 5. The first-order valence-electron chi connectivity index (χ1n) is 10.5. The van der Waals surface area contributed by atoms with Gasteiger partial charge in [0.05, 0.1) is 27.2 Å². The summed E-state index contributed by atoms with van der Waals surface area (Å²) in [7, 11) is 0. The van der Waals surface area contributed by atoms with E-state index in [2.05, 4.69) is 4.98 Å². The van der Waals surface area contributed by atoms with Gasteiger partial charge >= 0.3 is 0 Å². The largest absolute Gasteiger partial charge is 0.503 e. The van der Waals surface area contributed by atoms with Crippen LogP contribution in [0.4, 0.5) is 0 Å². The summed E-state index contributed by atoms with van der Waals surface area (Å²) in [6.45, 7) is 3.99. The minimum Gasteiger partial charge on any atom is -0.503 e. The number of Topliss-reactive ketones (excluding diaryl/α,β-unsaturated/α-hetero) is 1. The van der Waals surface area contributed by atoms with Gasteiger partial charge in [0.1, 0.15) is 0 Å². The Labute approximate surface area is 191 Å². The van der Waals surface area contributed by atoms with Crippen LogP contribution in [0.3, 0.4) is 0 Å². The van der Waals surface area contributed by atoms with Gasteiger partial charge in [0.2, 0.25) is 5.78 Å². The maximum Gasteiger partial charge on any atom is 0.290 e. The zero-order valence-corrected chi connectivity index (χ0v) is 18.8. The van der Waals surface area contributed by atoms with Crippen LogP contribution >= 0.6 is 11.3 Å². The second-order valence-electron chi connectivity index (χ2n) is 7.69. The number of benzene rings is 2. The number of aliphatic hydroxyl groups excluding tert-OH is 1. The van der Waals surface area contributed by atoms with Crippen LogP contribution in [-0.4, -0.2) is 39.3 Å². The van der Waals surface area contributed by atoms with E-state index >= 15 is 0 Å². The number of aromatic nitrogens is 1. The highest BCUT2D eigenvalue weighted by molar-refractivity contribution is 7.14. The predicted molar refractivity (Wildman–Crippen MR) is 127 cm³/mol. The number of aryl methyl sites for hydroxylation is 2. The molecule has 0 fully saturated rings. The van der Waals surface area contributed by atoms with Crippen molar-refractivity contribution in [2.45, 2.75) is 26.3 Å². The lowest BCUT2D eigenvalue weighted by molar-refractivity contribution is -0.128. The molecule has 4 rings (SSSR count). The molecule has 0 saturated heterocycles. The number of amides is 1. The molecule has 1 aromatic heterocycles. The Balaban J connectivity index is 1.68. The molecule has 6 heteroatoms. The molecule has 2 aromatic carbocycles. The number of hydrogen-bond donors (Lipinski definition) is 1. The zero-order valence-electron chi connectivity index (χ0n) is 18.0. The fraction of sp³-hybridized carbons (Fsp3) is 0.192. The van der Waals surface area contributed by atoms with Crippen LogP contribution in [0.1, 0.15) is 31.5 Å². The Bertz CT molecular complexity index is 1200. The van der Waals surface area contributed by atoms with Crippen molar-refractivity contribution < 1.29 is 14.7 Å². The molecule has 1 unspecified atom stereocenters. The normalized spacial score (nSPS) is 16.4. The molecule has 0 bridgehead atoms. The summed E-state index contributed by atoms with van der Waals surface area (Å²) >= 11 is 1.28. The van der Waals surface area contributed by atoms with Gasteiger partial charge in [-0.05, 0) is 31.4 Å². The Kier molecular flexibility index (Phi) is 6.32. The van der Waals surface area contributed by atoms with E-state index in [-0.39, 0.29) is 11.4 Å². The molecule has 1 amide bonds. The quantitative estimate of drug-likeness (QED) is 0.525. The van der Waals surface area contributed by atoms with Gasteiger partial charge in [-0.2, -0.15) is 0 Å². The van der Waals surface area contributed by atoms with Crippen LogP contribution in [0.25, 0.3) is 6.08 Å². The molecule has 162 valence electrons. The number of rotatable bonds is 7. The number of carbonyl (C=O) groups is 2. The second kappa shape index (κ2) is 9.32. The molecule has 3 aromatic rings. The standard InChI is InChI=1S/C26H24N2O3S/c1-17-25(32-18(2)27-17)23(29)22-21(14-13-19-9-5-3-6-10-19)28(26(31)24(22)30)16-15-20-11-7-4-8-12-20/h3-14,21,30H,15-16H2,1-2H3/b14-13+. The summed E-state index contributed by atoms with van der Waals surface area (Å²) < 4.78 is 0. The first kappa shape index (κ1) is 21.7. The minimum absolute atomic E-state index is 0.113. The van der Waals surface area contributed by atoms with Gasteiger partial charge in [0.25, 0.3) is 5.91 Å². The van der Waals surface area contributed by atoms with Crippen molar-refractivity contribution in [3.63, 3.8) is 0 Å². The van der Waals surface area contributed by atoms with E-state index < -0.39 is 17.7 Å². The molecule has 1 N–H and O–H groups in total. The fourth-order valence-electron chi connectivity index (χ4n) is 3.88. The van der Waals surface area contributed by atoms with E-state index in [0.29, 0.717) is 23.5 Å².